The van der Waals surface area contributed by atoms with Crippen molar-refractivity contribution in [2.24, 2.45) is 12.5 Å². The molecule has 15 heteroatoms. The number of para-hydroxylation sites is 2. The maximum atomic E-state index is 14.5. The molecule has 8 aromatic rings. The summed E-state index contributed by atoms with van der Waals surface area (Å²) in [7, 11) is 1.98. The highest BCUT2D eigenvalue weighted by Crippen LogP contribution is 2.47. The Bertz CT molecular complexity index is 3130. The third kappa shape index (κ3) is 6.93. The number of pyridine rings is 1. The second kappa shape index (κ2) is 15.1. The van der Waals surface area contributed by atoms with Crippen molar-refractivity contribution in [1.82, 2.24) is 44.0 Å². The summed E-state index contributed by atoms with van der Waals surface area (Å²) in [6, 6.07) is 25.3. The van der Waals surface area contributed by atoms with Crippen molar-refractivity contribution in [3.8, 4) is 17.5 Å². The largest absolute Gasteiger partial charge is 0.465 e. The fraction of sp³-hybridized carbons (Fsp3) is 0.200. The van der Waals surface area contributed by atoms with Crippen LogP contribution in [0.2, 0.25) is 0 Å². The van der Waals surface area contributed by atoms with E-state index < -0.39 is 17.4 Å². The second-order valence-electron chi connectivity index (χ2n) is 15.0. The minimum absolute atomic E-state index is 0.0294. The molecule has 1 atom stereocenters. The molecule has 5 aromatic heterocycles. The highest BCUT2D eigenvalue weighted by atomic mass is 16.5. The van der Waals surface area contributed by atoms with Crippen LogP contribution in [0.1, 0.15) is 69.9 Å². The van der Waals surface area contributed by atoms with Crippen molar-refractivity contribution in [2.45, 2.75) is 38.6 Å². The number of aryl methyl sites for hydroxylation is 2. The molecule has 0 saturated heterocycles. The van der Waals surface area contributed by atoms with Crippen LogP contribution in [0.25, 0.3) is 33.0 Å². The van der Waals surface area contributed by atoms with E-state index in [-0.39, 0.29) is 47.5 Å². The summed E-state index contributed by atoms with van der Waals surface area (Å²) in [5, 5.41) is 17.4. The lowest BCUT2D eigenvalue weighted by molar-refractivity contribution is -0.144. The highest BCUT2D eigenvalue weighted by Gasteiger charge is 2.52. The van der Waals surface area contributed by atoms with Gasteiger partial charge in [0.1, 0.15) is 12.2 Å². The lowest BCUT2D eigenvalue weighted by Crippen LogP contribution is -2.32. The minimum atomic E-state index is -0.865. The summed E-state index contributed by atoms with van der Waals surface area (Å²) < 4.78 is 11.8. The molecule has 0 bridgehead atoms. The van der Waals surface area contributed by atoms with Gasteiger partial charge in [-0.05, 0) is 79.5 Å². The Kier molecular flexibility index (Phi) is 9.52. The topological polar surface area (TPSA) is 186 Å². The molecular weight excluding hydrogens is 761 g/mol. The summed E-state index contributed by atoms with van der Waals surface area (Å²) in [6.07, 6.45) is 8.51. The van der Waals surface area contributed by atoms with Gasteiger partial charge in [0, 0.05) is 59.9 Å². The number of nitrogens with one attached hydrogen (secondary N) is 1. The van der Waals surface area contributed by atoms with Crippen LogP contribution in [0.5, 0.6) is 0 Å². The molecular formula is C45H38N10O5. The predicted molar refractivity (Wildman–Crippen MR) is 223 cm³/mol. The Hall–Kier alpha value is -7.86. The van der Waals surface area contributed by atoms with E-state index in [1.54, 1.807) is 42.1 Å². The SMILES string of the molecule is C[C@H](NC(=O)c1c(N)nn2cccnc12)c1cc2cccc(C#Cc3cn(C(=O)C4(COC(=O)CCc5cn(C)c6ccccc56)CC4)nn3)c2c(=O)n1-c1ccccc1. The monoisotopic (exact) mass is 798 g/mol. The number of nitrogens with two attached hydrogens (primary N) is 1. The van der Waals surface area contributed by atoms with Crippen LogP contribution in [-0.4, -0.2) is 63.1 Å². The third-order valence-electron chi connectivity index (χ3n) is 11.0. The molecule has 298 valence electrons. The number of nitrogens with zero attached hydrogens (tertiary/aromatic N) is 8. The van der Waals surface area contributed by atoms with Crippen molar-refractivity contribution in [3.05, 3.63) is 148 Å². The Balaban J connectivity index is 0.935. The Morgan fingerprint density at radius 1 is 0.983 bits per heavy atom. The summed E-state index contributed by atoms with van der Waals surface area (Å²) >= 11 is 0. The van der Waals surface area contributed by atoms with Crippen molar-refractivity contribution in [3.63, 3.8) is 0 Å². The molecule has 3 aromatic carbocycles. The van der Waals surface area contributed by atoms with E-state index in [1.165, 1.54) is 10.7 Å². The van der Waals surface area contributed by atoms with Crippen LogP contribution in [0.3, 0.4) is 0 Å². The molecule has 1 amide bonds. The first-order valence-corrected chi connectivity index (χ1v) is 19.4. The quantitative estimate of drug-likeness (QED) is 0.138. The Morgan fingerprint density at radius 2 is 1.78 bits per heavy atom. The zero-order valence-electron chi connectivity index (χ0n) is 32.7. The number of hydrogen-bond acceptors (Lipinski definition) is 10. The summed E-state index contributed by atoms with van der Waals surface area (Å²) in [6.45, 7) is 1.74. The summed E-state index contributed by atoms with van der Waals surface area (Å²) in [4.78, 5) is 58.8. The molecule has 1 aliphatic rings. The number of hydrogen-bond donors (Lipinski definition) is 2. The predicted octanol–water partition coefficient (Wildman–Crippen LogP) is 5.19. The number of ether oxygens (including phenoxy) is 1. The van der Waals surface area contributed by atoms with Gasteiger partial charge < -0.3 is 20.4 Å². The van der Waals surface area contributed by atoms with Gasteiger partial charge in [0.2, 0.25) is 0 Å². The number of benzene rings is 3. The lowest BCUT2D eigenvalue weighted by Gasteiger charge is -2.21. The molecule has 5 heterocycles. The van der Waals surface area contributed by atoms with E-state index in [0.29, 0.717) is 52.6 Å². The van der Waals surface area contributed by atoms with Crippen molar-refractivity contribution >= 4 is 50.9 Å². The van der Waals surface area contributed by atoms with E-state index in [1.807, 2.05) is 84.5 Å². The minimum Gasteiger partial charge on any atom is -0.465 e. The number of esters is 1. The average Bonchev–Trinajstić information content (AvgIpc) is 3.58. The number of fused-ring (bicyclic) bond motifs is 3. The molecule has 0 radical (unpaired) electrons. The zero-order chi connectivity index (χ0) is 41.5. The number of carbonyl (C=O) groups is 3. The summed E-state index contributed by atoms with van der Waals surface area (Å²) in [5.41, 5.74) is 9.28. The molecule has 0 aliphatic heterocycles. The number of rotatable bonds is 10. The van der Waals surface area contributed by atoms with Gasteiger partial charge in [-0.3, -0.25) is 23.7 Å². The molecule has 60 heavy (non-hydrogen) atoms. The Labute approximate surface area is 342 Å². The fourth-order valence-electron chi connectivity index (χ4n) is 7.63. The van der Waals surface area contributed by atoms with Crippen LogP contribution in [0.15, 0.2) is 115 Å². The van der Waals surface area contributed by atoms with E-state index in [9.17, 15) is 19.2 Å². The number of anilines is 1. The molecule has 3 N–H and O–H groups in total. The van der Waals surface area contributed by atoms with E-state index in [2.05, 4.69) is 37.6 Å². The zero-order valence-corrected chi connectivity index (χ0v) is 32.7. The second-order valence-corrected chi connectivity index (χ2v) is 15.0. The maximum Gasteiger partial charge on any atom is 0.306 e. The van der Waals surface area contributed by atoms with Gasteiger partial charge in [0.25, 0.3) is 17.4 Å². The number of amides is 1. The van der Waals surface area contributed by atoms with Crippen LogP contribution < -0.4 is 16.6 Å². The van der Waals surface area contributed by atoms with Gasteiger partial charge in [0.05, 0.1) is 23.0 Å². The van der Waals surface area contributed by atoms with E-state index in [0.717, 1.165) is 21.1 Å². The smallest absolute Gasteiger partial charge is 0.306 e. The van der Waals surface area contributed by atoms with Crippen molar-refractivity contribution in [2.75, 3.05) is 12.3 Å². The van der Waals surface area contributed by atoms with Gasteiger partial charge in [-0.2, -0.15) is 4.68 Å². The molecule has 9 rings (SSSR count). The van der Waals surface area contributed by atoms with Crippen molar-refractivity contribution in [1.29, 1.82) is 0 Å². The summed E-state index contributed by atoms with van der Waals surface area (Å²) in [5.74, 6) is 4.88. The number of nitrogen functional groups attached to an aromatic ring is 1. The number of aromatic nitrogens is 8. The molecule has 1 saturated carbocycles. The molecule has 0 unspecified atom stereocenters. The normalized spacial score (nSPS) is 13.5. The third-order valence-corrected chi connectivity index (χ3v) is 11.0. The van der Waals surface area contributed by atoms with Gasteiger partial charge in [-0.1, -0.05) is 59.7 Å². The first kappa shape index (κ1) is 37.7. The highest BCUT2D eigenvalue weighted by molar-refractivity contribution is 6.04. The molecule has 15 nitrogen and oxygen atoms in total. The molecule has 0 spiro atoms. The van der Waals surface area contributed by atoms with Gasteiger partial charge >= 0.3 is 5.97 Å². The number of carbonyl (C=O) groups excluding carboxylic acids is 3. The van der Waals surface area contributed by atoms with Crippen molar-refractivity contribution < 1.29 is 19.1 Å². The van der Waals surface area contributed by atoms with Gasteiger partial charge in [-0.25, -0.2) is 9.50 Å². The first-order valence-electron chi connectivity index (χ1n) is 19.4. The van der Waals surface area contributed by atoms with Crippen LogP contribution in [-0.2, 0) is 23.0 Å². The Morgan fingerprint density at radius 3 is 2.60 bits per heavy atom. The first-order chi connectivity index (χ1) is 29.1. The van der Waals surface area contributed by atoms with E-state index >= 15 is 0 Å². The van der Waals surface area contributed by atoms with Crippen LogP contribution in [0, 0.1) is 17.3 Å². The standard InChI is InChI=1S/C45H38N10O5/c1-28(48-42(57)39-40(46)50-53-23-9-22-47-41(39)53)36-24-30-11-8-10-29(38(30)43(58)55(36)33-12-4-3-5-13-33)16-18-32-26-54(51-49-32)44(59)45(20-21-45)27-60-37(56)19-17-31-25-52(2)35-15-7-6-14-34(31)35/h3-15,22-26,28H,17,19-21,27H2,1-2H3,(H2,46,50)(H,48,57)/t28-/m0/s1. The maximum absolute atomic E-state index is 14.5. The fourth-order valence-corrected chi connectivity index (χ4v) is 7.63. The molecule has 1 aliphatic carbocycles. The van der Waals surface area contributed by atoms with Crippen LogP contribution >= 0.6 is 0 Å². The molecule has 1 fully saturated rings. The van der Waals surface area contributed by atoms with E-state index in [4.69, 9.17) is 10.5 Å². The van der Waals surface area contributed by atoms with Gasteiger partial charge in [-0.15, -0.1) is 10.2 Å². The van der Waals surface area contributed by atoms with Crippen LogP contribution in [0.4, 0.5) is 5.82 Å². The lowest BCUT2D eigenvalue weighted by atomic mass is 10.0. The van der Waals surface area contributed by atoms with Gasteiger partial charge in [0.15, 0.2) is 17.2 Å². The average molecular weight is 799 g/mol.